The maximum atomic E-state index is 6.08. The van der Waals surface area contributed by atoms with Gasteiger partial charge in [-0.3, -0.25) is 0 Å². The smallest absolute Gasteiger partial charge is 0.145 e. The van der Waals surface area contributed by atoms with Gasteiger partial charge in [-0.15, -0.1) is 0 Å². The number of hydrogen-bond donors (Lipinski definition) is 0. The highest BCUT2D eigenvalue weighted by Crippen LogP contribution is 2.27. The van der Waals surface area contributed by atoms with Crippen molar-refractivity contribution in [3.8, 4) is 11.3 Å². The lowest BCUT2D eigenvalue weighted by Gasteiger charge is -2.19. The molecule has 3 heterocycles. The van der Waals surface area contributed by atoms with Crippen LogP contribution in [0.3, 0.4) is 0 Å². The first kappa shape index (κ1) is 17.3. The molecule has 140 valence electrons. The van der Waals surface area contributed by atoms with Gasteiger partial charge in [-0.25, -0.2) is 9.98 Å². The lowest BCUT2D eigenvalue weighted by molar-refractivity contribution is 0.496. The first-order valence-electron chi connectivity index (χ1n) is 9.65. The molecule has 0 unspecified atom stereocenters. The van der Waals surface area contributed by atoms with E-state index in [-0.39, 0.29) is 0 Å². The van der Waals surface area contributed by atoms with Crippen molar-refractivity contribution >= 4 is 28.3 Å². The Morgan fingerprint density at radius 2 is 1.79 bits per heavy atom. The SMILES string of the molecule is Cn1c(-c2ccc(Cl)cc2)cc2c(=Nc3ccccc3)n3c(nc21)CCCC3. The van der Waals surface area contributed by atoms with Gasteiger partial charge in [-0.2, -0.15) is 0 Å². The summed E-state index contributed by atoms with van der Waals surface area (Å²) in [5.74, 6) is 1.12. The van der Waals surface area contributed by atoms with Crippen molar-refractivity contribution in [3.05, 3.63) is 77.0 Å². The maximum absolute atomic E-state index is 6.08. The van der Waals surface area contributed by atoms with Gasteiger partial charge in [0.15, 0.2) is 0 Å². The Bertz CT molecular complexity index is 1220. The third-order valence-electron chi connectivity index (χ3n) is 5.41. The summed E-state index contributed by atoms with van der Waals surface area (Å²) in [7, 11) is 2.07. The number of hydrogen-bond acceptors (Lipinski definition) is 2. The first-order chi connectivity index (χ1) is 13.7. The van der Waals surface area contributed by atoms with Crippen molar-refractivity contribution in [1.82, 2.24) is 14.1 Å². The Labute approximate surface area is 168 Å². The molecule has 1 aliphatic rings. The molecule has 0 saturated heterocycles. The summed E-state index contributed by atoms with van der Waals surface area (Å²) in [6, 6.07) is 20.3. The second-order valence-corrected chi connectivity index (χ2v) is 7.68. The van der Waals surface area contributed by atoms with Crippen molar-refractivity contribution < 1.29 is 0 Å². The Kier molecular flexibility index (Phi) is 4.29. The van der Waals surface area contributed by atoms with Crippen LogP contribution in [0.15, 0.2) is 65.7 Å². The summed E-state index contributed by atoms with van der Waals surface area (Å²) in [5.41, 5.74) is 5.19. The molecule has 0 spiro atoms. The van der Waals surface area contributed by atoms with E-state index in [1.165, 1.54) is 12.8 Å². The molecule has 2 aromatic heterocycles. The van der Waals surface area contributed by atoms with Crippen LogP contribution < -0.4 is 5.49 Å². The topological polar surface area (TPSA) is 35.1 Å². The molecule has 0 aliphatic carbocycles. The predicted octanol–water partition coefficient (Wildman–Crippen LogP) is 5.26. The Morgan fingerprint density at radius 1 is 1.00 bits per heavy atom. The van der Waals surface area contributed by atoms with Gasteiger partial charge >= 0.3 is 0 Å². The first-order valence-corrected chi connectivity index (χ1v) is 10.0. The van der Waals surface area contributed by atoms with E-state index in [0.29, 0.717) is 0 Å². The minimum atomic E-state index is 0.742. The zero-order chi connectivity index (χ0) is 19.1. The summed E-state index contributed by atoms with van der Waals surface area (Å²) in [6.45, 7) is 0.967. The van der Waals surface area contributed by atoms with Crippen molar-refractivity contribution in [2.24, 2.45) is 12.0 Å². The van der Waals surface area contributed by atoms with E-state index in [9.17, 15) is 0 Å². The van der Waals surface area contributed by atoms with Gasteiger partial charge in [0.1, 0.15) is 17.0 Å². The molecule has 0 bridgehead atoms. The van der Waals surface area contributed by atoms with Crippen molar-refractivity contribution in [2.45, 2.75) is 25.8 Å². The van der Waals surface area contributed by atoms with E-state index < -0.39 is 0 Å². The molecule has 0 saturated carbocycles. The maximum Gasteiger partial charge on any atom is 0.145 e. The Hall–Kier alpha value is -2.85. The summed E-state index contributed by atoms with van der Waals surface area (Å²) in [5, 5.41) is 1.83. The number of rotatable bonds is 2. The van der Waals surface area contributed by atoms with Crippen LogP contribution in [0.25, 0.3) is 22.3 Å². The summed E-state index contributed by atoms with van der Waals surface area (Å²) >= 11 is 6.08. The largest absolute Gasteiger partial charge is 0.328 e. The molecule has 2 aromatic carbocycles. The lowest BCUT2D eigenvalue weighted by atomic mass is 10.1. The molecule has 4 nitrogen and oxygen atoms in total. The number of benzene rings is 2. The molecular formula is C23H21ClN4. The number of fused-ring (bicyclic) bond motifs is 2. The fourth-order valence-electron chi connectivity index (χ4n) is 3.96. The highest BCUT2D eigenvalue weighted by molar-refractivity contribution is 6.30. The van der Waals surface area contributed by atoms with Crippen molar-refractivity contribution in [2.75, 3.05) is 0 Å². The molecule has 5 heteroatoms. The van der Waals surface area contributed by atoms with E-state index in [2.05, 4.69) is 34.4 Å². The van der Waals surface area contributed by atoms with Crippen LogP contribution in [0.5, 0.6) is 0 Å². The lowest BCUT2D eigenvalue weighted by Crippen LogP contribution is -2.29. The normalized spacial score (nSPS) is 14.4. The van der Waals surface area contributed by atoms with Crippen LogP contribution in [0.1, 0.15) is 18.7 Å². The van der Waals surface area contributed by atoms with E-state index >= 15 is 0 Å². The molecule has 0 amide bonds. The number of nitrogens with zero attached hydrogens (tertiary/aromatic N) is 4. The van der Waals surface area contributed by atoms with Crippen LogP contribution in [-0.4, -0.2) is 14.1 Å². The van der Waals surface area contributed by atoms with E-state index in [0.717, 1.165) is 57.3 Å². The highest BCUT2D eigenvalue weighted by atomic mass is 35.5. The molecule has 0 atom stereocenters. The highest BCUT2D eigenvalue weighted by Gasteiger charge is 2.18. The third-order valence-corrected chi connectivity index (χ3v) is 5.66. The molecule has 0 radical (unpaired) electrons. The van der Waals surface area contributed by atoms with Gasteiger partial charge in [0.05, 0.1) is 16.8 Å². The molecule has 0 fully saturated rings. The van der Waals surface area contributed by atoms with Crippen LogP contribution in [0, 0.1) is 0 Å². The molecule has 28 heavy (non-hydrogen) atoms. The van der Waals surface area contributed by atoms with Gasteiger partial charge < -0.3 is 9.13 Å². The van der Waals surface area contributed by atoms with Crippen LogP contribution in [-0.2, 0) is 20.0 Å². The zero-order valence-corrected chi connectivity index (χ0v) is 16.5. The number of halogens is 1. The fourth-order valence-corrected chi connectivity index (χ4v) is 4.09. The van der Waals surface area contributed by atoms with Crippen molar-refractivity contribution in [1.29, 1.82) is 0 Å². The second-order valence-electron chi connectivity index (χ2n) is 7.24. The second kappa shape index (κ2) is 6.95. The Balaban J connectivity index is 1.82. The summed E-state index contributed by atoms with van der Waals surface area (Å²) in [6.07, 6.45) is 3.34. The quantitative estimate of drug-likeness (QED) is 0.461. The van der Waals surface area contributed by atoms with Gasteiger partial charge in [-0.05, 0) is 48.7 Å². The van der Waals surface area contributed by atoms with Gasteiger partial charge in [0.2, 0.25) is 0 Å². The molecule has 1 aliphatic heterocycles. The molecule has 4 aromatic rings. The average Bonchev–Trinajstić information content (AvgIpc) is 3.06. The van der Waals surface area contributed by atoms with Gasteiger partial charge in [0.25, 0.3) is 0 Å². The number of para-hydroxylation sites is 1. The van der Waals surface area contributed by atoms with Crippen LogP contribution in [0.4, 0.5) is 5.69 Å². The minimum absolute atomic E-state index is 0.742. The summed E-state index contributed by atoms with van der Waals surface area (Å²) < 4.78 is 4.46. The van der Waals surface area contributed by atoms with E-state index in [4.69, 9.17) is 21.6 Å². The zero-order valence-electron chi connectivity index (χ0n) is 15.8. The molecule has 0 N–H and O–H groups in total. The number of aromatic nitrogens is 3. The standard InChI is InChI=1S/C23H21ClN4/c1-27-20(16-10-12-17(24)13-11-16)15-19-22(27)26-21-9-5-6-14-28(21)23(19)25-18-7-3-2-4-8-18/h2-4,7-8,10-13,15H,5-6,9,14H2,1H3. The number of aryl methyl sites for hydroxylation is 2. The summed E-state index contributed by atoms with van der Waals surface area (Å²) in [4.78, 5) is 10.1. The molecule has 5 rings (SSSR count). The minimum Gasteiger partial charge on any atom is -0.328 e. The monoisotopic (exact) mass is 388 g/mol. The van der Waals surface area contributed by atoms with Gasteiger partial charge in [-0.1, -0.05) is 41.9 Å². The van der Waals surface area contributed by atoms with Crippen LogP contribution in [0.2, 0.25) is 5.02 Å². The fraction of sp³-hybridized carbons (Fsp3) is 0.217. The third kappa shape index (κ3) is 2.94. The molecular weight excluding hydrogens is 368 g/mol. The van der Waals surface area contributed by atoms with Crippen LogP contribution >= 0.6 is 11.6 Å². The Morgan fingerprint density at radius 3 is 2.57 bits per heavy atom. The van der Waals surface area contributed by atoms with E-state index in [1.54, 1.807) is 0 Å². The van der Waals surface area contributed by atoms with Gasteiger partial charge in [0, 0.05) is 25.0 Å². The average molecular weight is 389 g/mol. The van der Waals surface area contributed by atoms with E-state index in [1.807, 2.05) is 42.5 Å². The van der Waals surface area contributed by atoms with Crippen molar-refractivity contribution in [3.63, 3.8) is 0 Å². The predicted molar refractivity (Wildman–Crippen MR) is 114 cm³/mol.